The number of carbonyl (C=O) groups excluding carboxylic acids is 1. The lowest BCUT2D eigenvalue weighted by Crippen LogP contribution is -2.57. The molecular formula is C60H86N8O6S2Si2. The third-order valence-electron chi connectivity index (χ3n) is 16.8. The first-order valence-corrected chi connectivity index (χ1v) is 36.5. The first-order chi connectivity index (χ1) is 36.9. The number of anilines is 1. The number of carboxylic acids is 1. The van der Waals surface area contributed by atoms with Gasteiger partial charge in [-0.1, -0.05) is 86.9 Å². The molecule has 0 radical (unpaired) electrons. The van der Waals surface area contributed by atoms with E-state index in [2.05, 4.69) is 107 Å². The highest BCUT2D eigenvalue weighted by Crippen LogP contribution is 2.49. The first-order valence-electron chi connectivity index (χ1n) is 28.9. The number of aromatic nitrogens is 5. The molecule has 1 N–H and O–H groups in total. The number of amides is 1. The predicted octanol–water partition coefficient (Wildman–Crippen LogP) is 14.5. The molecule has 3 atom stereocenters. The van der Waals surface area contributed by atoms with Crippen molar-refractivity contribution >= 4 is 98.0 Å². The Bertz CT molecular complexity index is 3160. The molecule has 0 aliphatic carbocycles. The molecule has 9 rings (SSSR count). The number of ether oxygens (including phenoxy) is 3. The molecule has 0 spiro atoms. The molecule has 6 aromatic rings. The maximum Gasteiger partial charge on any atom is 0.410 e. The first kappa shape index (κ1) is 58.0. The normalized spacial score (nSPS) is 19.6. The van der Waals surface area contributed by atoms with E-state index in [0.29, 0.717) is 55.7 Å². The van der Waals surface area contributed by atoms with Gasteiger partial charge >= 0.3 is 18.1 Å². The minimum Gasteiger partial charge on any atom is -0.481 e. The molecule has 1 aromatic carbocycles. The van der Waals surface area contributed by atoms with Crippen LogP contribution in [0.4, 0.5) is 10.6 Å². The van der Waals surface area contributed by atoms with Crippen LogP contribution in [0.15, 0.2) is 29.9 Å². The van der Waals surface area contributed by atoms with E-state index in [1.807, 2.05) is 42.7 Å². The van der Waals surface area contributed by atoms with Crippen molar-refractivity contribution in [1.82, 2.24) is 34.5 Å². The summed E-state index contributed by atoms with van der Waals surface area (Å²) in [5, 5.41) is 20.5. The molecule has 8 heterocycles. The fourth-order valence-corrected chi connectivity index (χ4v) is 21.0. The third-order valence-corrected chi connectivity index (χ3v) is 26.9. The zero-order valence-corrected chi connectivity index (χ0v) is 52.5. The van der Waals surface area contributed by atoms with E-state index in [1.54, 1.807) is 22.7 Å². The van der Waals surface area contributed by atoms with E-state index in [0.717, 1.165) is 141 Å². The number of piperazine rings is 1. The van der Waals surface area contributed by atoms with Gasteiger partial charge in [-0.25, -0.2) is 9.48 Å². The molecular weight excluding hydrogens is 1050 g/mol. The number of nitrogens with zero attached hydrogens (tertiary/aromatic N) is 8. The summed E-state index contributed by atoms with van der Waals surface area (Å²) in [5.41, 5.74) is 8.76. The van der Waals surface area contributed by atoms with Crippen LogP contribution < -0.4 is 9.64 Å². The number of benzene rings is 1. The second-order valence-electron chi connectivity index (χ2n) is 26.2. The van der Waals surface area contributed by atoms with Crippen LogP contribution in [0.3, 0.4) is 0 Å². The number of carbonyl (C=O) groups is 2. The summed E-state index contributed by atoms with van der Waals surface area (Å²) in [6, 6.07) is 5.79. The molecule has 3 saturated heterocycles. The van der Waals surface area contributed by atoms with Crippen molar-refractivity contribution < 1.29 is 28.9 Å². The van der Waals surface area contributed by atoms with Gasteiger partial charge in [-0.15, -0.1) is 28.2 Å². The SMILES string of the molecule is CC(C)[Si](C#Cc1csc2cc3c(cnn3COCC[Si](C)(C)C)c(-c3nccc4c3sc3nc(OCC5(C)CCCN(CCCCCCC(=O)O)C5)nc(N5C[C@H]6CC[C@@H](C5)N6C(=O)OC(C)(C)C)c34)c12)(C(C)C)C(C)C. The predicted molar refractivity (Wildman–Crippen MR) is 326 cm³/mol. The average Bonchev–Trinajstić information content (AvgIpc) is 4.35. The van der Waals surface area contributed by atoms with Crippen LogP contribution in [0.25, 0.3) is 52.5 Å². The number of pyridine rings is 1. The van der Waals surface area contributed by atoms with Gasteiger partial charge in [0.05, 0.1) is 46.2 Å². The maximum absolute atomic E-state index is 13.8. The van der Waals surface area contributed by atoms with E-state index >= 15 is 0 Å². The van der Waals surface area contributed by atoms with Gasteiger partial charge in [0.1, 0.15) is 31.1 Å². The van der Waals surface area contributed by atoms with Crippen LogP contribution in [0.5, 0.6) is 6.01 Å². The third kappa shape index (κ3) is 12.5. The fourth-order valence-electron chi connectivity index (χ4n) is 13.0. The number of likely N-dealkylation sites (tertiary alicyclic amines) is 1. The van der Waals surface area contributed by atoms with Crippen LogP contribution in [0.2, 0.25) is 42.3 Å². The van der Waals surface area contributed by atoms with Gasteiger partial charge in [0, 0.05) is 89.7 Å². The number of carboxylic acid groups (broad SMARTS) is 1. The molecule has 1 unspecified atom stereocenters. The lowest BCUT2D eigenvalue weighted by Gasteiger charge is -2.42. The van der Waals surface area contributed by atoms with Crippen LogP contribution in [0, 0.1) is 16.9 Å². The zero-order valence-electron chi connectivity index (χ0n) is 48.9. The number of thiophene rings is 2. The standard InChI is InChI=1S/C60H86N8O6S2Si2/c1-39(2)78(40(3)4,41(5)6)29-23-42-35-75-48-31-47-46(32-62-67(47)38-72-28-30-77(11,12)13)51(50(42)48)53-54-45(22-25-61-53)52-55(66-33-43-20-21-44(34-66)68(43)58(71)74-59(7,8)9)63-57(64-56(52)76-54)73-37-60(10)24-18-27-65(36-60)26-17-15-14-16-19-49(69)70/h22,25,31-32,35,39-41,43-44H,14-21,24,26-28,30,33-34,36-38H2,1-13H3,(H,69,70)/t43-,44+,60?. The van der Waals surface area contributed by atoms with Crippen molar-refractivity contribution in [2.24, 2.45) is 5.41 Å². The minimum absolute atomic E-state index is 0.0247. The average molecular weight is 1140 g/mol. The Morgan fingerprint density at radius 1 is 0.962 bits per heavy atom. The van der Waals surface area contributed by atoms with Crippen molar-refractivity contribution in [2.75, 3.05) is 50.8 Å². The molecule has 2 bridgehead atoms. The van der Waals surface area contributed by atoms with Gasteiger partial charge in [-0.2, -0.15) is 15.1 Å². The van der Waals surface area contributed by atoms with Crippen molar-refractivity contribution in [2.45, 2.75) is 194 Å². The molecule has 1 amide bonds. The quantitative estimate of drug-likeness (QED) is 0.0441. The van der Waals surface area contributed by atoms with Gasteiger partial charge in [0.2, 0.25) is 0 Å². The number of aliphatic carboxylic acids is 1. The summed E-state index contributed by atoms with van der Waals surface area (Å²) in [6.07, 6.45) is 11.6. The Balaban J connectivity index is 1.15. The van der Waals surface area contributed by atoms with E-state index < -0.39 is 27.7 Å². The molecule has 0 saturated carbocycles. The highest BCUT2D eigenvalue weighted by Gasteiger charge is 2.46. The number of hydrogen-bond acceptors (Lipinski definition) is 13. The molecule has 78 heavy (non-hydrogen) atoms. The zero-order chi connectivity index (χ0) is 55.9. The number of piperidine rings is 1. The van der Waals surface area contributed by atoms with Gasteiger partial charge in [0.15, 0.2) is 0 Å². The smallest absolute Gasteiger partial charge is 0.410 e. The largest absolute Gasteiger partial charge is 0.481 e. The summed E-state index contributed by atoms with van der Waals surface area (Å²) < 4.78 is 23.3. The van der Waals surface area contributed by atoms with Crippen molar-refractivity contribution in [3.8, 4) is 28.7 Å². The van der Waals surface area contributed by atoms with Gasteiger partial charge in [-0.3, -0.25) is 14.7 Å². The Morgan fingerprint density at radius 2 is 1.68 bits per heavy atom. The van der Waals surface area contributed by atoms with Crippen molar-refractivity contribution in [1.29, 1.82) is 0 Å². The van der Waals surface area contributed by atoms with Crippen molar-refractivity contribution in [3.05, 3.63) is 35.5 Å². The lowest BCUT2D eigenvalue weighted by atomic mass is 9.82. The number of rotatable bonds is 20. The topological polar surface area (TPSA) is 148 Å². The Kier molecular flexibility index (Phi) is 17.4. The number of unbranched alkanes of at least 4 members (excludes halogenated alkanes) is 3. The van der Waals surface area contributed by atoms with E-state index in [4.69, 9.17) is 39.4 Å². The molecule has 3 fully saturated rings. The highest BCUT2D eigenvalue weighted by atomic mass is 32.1. The summed E-state index contributed by atoms with van der Waals surface area (Å²) in [5.74, 6) is 3.98. The van der Waals surface area contributed by atoms with E-state index in [9.17, 15) is 9.59 Å². The fraction of sp³-hybridized carbons (Fsp3) is 0.633. The second-order valence-corrected chi connectivity index (χ2v) is 39.3. The second kappa shape index (κ2) is 23.4. The summed E-state index contributed by atoms with van der Waals surface area (Å²) in [7, 11) is -3.38. The lowest BCUT2D eigenvalue weighted by molar-refractivity contribution is -0.137. The van der Waals surface area contributed by atoms with Gasteiger partial charge < -0.3 is 29.1 Å². The Hall–Kier alpha value is -4.65. The monoisotopic (exact) mass is 1130 g/mol. The Morgan fingerprint density at radius 3 is 2.36 bits per heavy atom. The molecule has 5 aromatic heterocycles. The summed E-state index contributed by atoms with van der Waals surface area (Å²) >= 11 is 3.38. The maximum atomic E-state index is 13.8. The molecule has 18 heteroatoms. The molecule has 3 aliphatic rings. The van der Waals surface area contributed by atoms with E-state index in [-0.39, 0.29) is 30.0 Å². The molecule has 3 aliphatic heterocycles. The summed E-state index contributed by atoms with van der Waals surface area (Å²) in [4.78, 5) is 48.6. The van der Waals surface area contributed by atoms with Crippen LogP contribution >= 0.6 is 22.7 Å². The molecule has 422 valence electrons. The van der Waals surface area contributed by atoms with Crippen molar-refractivity contribution in [3.63, 3.8) is 0 Å². The number of hydrogen-bond donors (Lipinski definition) is 1. The molecule has 14 nitrogen and oxygen atoms in total. The van der Waals surface area contributed by atoms with E-state index in [1.165, 1.54) is 0 Å². The summed E-state index contributed by atoms with van der Waals surface area (Å²) in [6.45, 7) is 35.2. The Labute approximate surface area is 473 Å². The van der Waals surface area contributed by atoms with Gasteiger partial charge in [0.25, 0.3) is 0 Å². The minimum atomic E-state index is -2.09. The highest BCUT2D eigenvalue weighted by molar-refractivity contribution is 7.26. The van der Waals surface area contributed by atoms with Crippen LogP contribution in [-0.2, 0) is 21.0 Å². The number of fused-ring (bicyclic) bond motifs is 7. The van der Waals surface area contributed by atoms with Gasteiger partial charge in [-0.05, 0) is 107 Å². The van der Waals surface area contributed by atoms with Crippen LogP contribution in [-0.4, -0.2) is 131 Å². The van der Waals surface area contributed by atoms with Crippen LogP contribution in [0.1, 0.15) is 133 Å².